The summed E-state index contributed by atoms with van der Waals surface area (Å²) in [5, 5.41) is 17.9. The quantitative estimate of drug-likeness (QED) is 0.684. The minimum atomic E-state index is -0.797. The zero-order valence-corrected chi connectivity index (χ0v) is 9.88. The van der Waals surface area contributed by atoms with Crippen LogP contribution in [0.3, 0.4) is 0 Å². The van der Waals surface area contributed by atoms with Crippen molar-refractivity contribution in [3.8, 4) is 0 Å². The Bertz CT molecular complexity index is 347. The minimum absolute atomic E-state index is 0.296. The average molecular weight is 245 g/mol. The highest BCUT2D eigenvalue weighted by atomic mass is 32.2. The van der Waals surface area contributed by atoms with Crippen LogP contribution in [0, 0.1) is 5.82 Å². The van der Waals surface area contributed by atoms with Gasteiger partial charge in [-0.25, -0.2) is 4.39 Å². The summed E-state index contributed by atoms with van der Waals surface area (Å²) in [6, 6.07) is 4.34. The molecule has 0 aliphatic rings. The van der Waals surface area contributed by atoms with E-state index in [0.29, 0.717) is 16.2 Å². The van der Waals surface area contributed by atoms with Gasteiger partial charge in [0.1, 0.15) is 5.82 Å². The summed E-state index contributed by atoms with van der Waals surface area (Å²) < 4.78 is 13.5. The Morgan fingerprint density at radius 1 is 1.50 bits per heavy atom. The summed E-state index contributed by atoms with van der Waals surface area (Å²) in [6.07, 6.45) is -0.797. The number of rotatable bonds is 5. The Labute approximate surface area is 98.5 Å². The van der Waals surface area contributed by atoms with Gasteiger partial charge in [-0.3, -0.25) is 0 Å². The van der Waals surface area contributed by atoms with Crippen molar-refractivity contribution in [3.05, 3.63) is 29.6 Å². The third-order valence-electron chi connectivity index (χ3n) is 2.11. The molecule has 5 heteroatoms. The summed E-state index contributed by atoms with van der Waals surface area (Å²) in [5.74, 6) is -0.0156. The molecule has 0 fully saturated rings. The SMILES string of the molecule is C[C@H](N)c1c(F)cccc1SCC(O)CO. The molecule has 4 N–H and O–H groups in total. The molecule has 0 aliphatic heterocycles. The number of aliphatic hydroxyl groups excluding tert-OH is 2. The summed E-state index contributed by atoms with van der Waals surface area (Å²) in [6.45, 7) is 1.42. The largest absolute Gasteiger partial charge is 0.394 e. The summed E-state index contributed by atoms with van der Waals surface area (Å²) in [4.78, 5) is 0.711. The van der Waals surface area contributed by atoms with Crippen molar-refractivity contribution in [2.75, 3.05) is 12.4 Å². The van der Waals surface area contributed by atoms with Crippen molar-refractivity contribution in [1.29, 1.82) is 0 Å². The molecule has 0 radical (unpaired) electrons. The first-order valence-corrected chi connectivity index (χ1v) is 6.00. The fourth-order valence-corrected chi connectivity index (χ4v) is 2.41. The molecule has 2 atom stereocenters. The number of aliphatic hydroxyl groups is 2. The van der Waals surface area contributed by atoms with Crippen molar-refractivity contribution in [3.63, 3.8) is 0 Å². The molecule has 0 heterocycles. The van der Waals surface area contributed by atoms with Crippen molar-refractivity contribution in [1.82, 2.24) is 0 Å². The van der Waals surface area contributed by atoms with Crippen molar-refractivity contribution in [2.24, 2.45) is 5.73 Å². The van der Waals surface area contributed by atoms with Crippen LogP contribution in [0.5, 0.6) is 0 Å². The molecule has 0 saturated carbocycles. The molecule has 0 bridgehead atoms. The number of halogens is 1. The van der Waals surface area contributed by atoms with Crippen LogP contribution in [0.15, 0.2) is 23.1 Å². The summed E-state index contributed by atoms with van der Waals surface area (Å²) in [5.41, 5.74) is 6.15. The molecule has 0 saturated heterocycles. The highest BCUT2D eigenvalue weighted by molar-refractivity contribution is 7.99. The molecule has 1 rings (SSSR count). The van der Waals surface area contributed by atoms with Crippen LogP contribution in [0.2, 0.25) is 0 Å². The van der Waals surface area contributed by atoms with Gasteiger partial charge in [-0.1, -0.05) is 6.07 Å². The molecular weight excluding hydrogens is 229 g/mol. The number of hydrogen-bond donors (Lipinski definition) is 3. The van der Waals surface area contributed by atoms with Gasteiger partial charge >= 0.3 is 0 Å². The maximum absolute atomic E-state index is 13.5. The van der Waals surface area contributed by atoms with Crippen molar-refractivity contribution >= 4 is 11.8 Å². The van der Waals surface area contributed by atoms with Gasteiger partial charge in [-0.05, 0) is 19.1 Å². The first-order valence-electron chi connectivity index (χ1n) is 5.02. The van der Waals surface area contributed by atoms with E-state index in [1.165, 1.54) is 17.8 Å². The van der Waals surface area contributed by atoms with Crippen LogP contribution in [-0.4, -0.2) is 28.7 Å². The minimum Gasteiger partial charge on any atom is -0.394 e. The van der Waals surface area contributed by atoms with Crippen LogP contribution in [0.4, 0.5) is 4.39 Å². The fraction of sp³-hybridized carbons (Fsp3) is 0.455. The van der Waals surface area contributed by atoms with Gasteiger partial charge in [0.15, 0.2) is 0 Å². The van der Waals surface area contributed by atoms with E-state index in [1.54, 1.807) is 19.1 Å². The van der Waals surface area contributed by atoms with Gasteiger partial charge < -0.3 is 15.9 Å². The lowest BCUT2D eigenvalue weighted by atomic mass is 10.1. The zero-order chi connectivity index (χ0) is 12.1. The molecule has 16 heavy (non-hydrogen) atoms. The van der Waals surface area contributed by atoms with Gasteiger partial charge in [0.2, 0.25) is 0 Å². The highest BCUT2D eigenvalue weighted by Gasteiger charge is 2.13. The Morgan fingerprint density at radius 2 is 2.19 bits per heavy atom. The number of benzene rings is 1. The third-order valence-corrected chi connectivity index (χ3v) is 3.33. The number of nitrogens with two attached hydrogens (primary N) is 1. The molecular formula is C11H16FNO2S. The normalized spacial score (nSPS) is 14.8. The third kappa shape index (κ3) is 3.45. The second-order valence-corrected chi connectivity index (χ2v) is 4.65. The maximum atomic E-state index is 13.5. The van der Waals surface area contributed by atoms with Gasteiger partial charge in [0.05, 0.1) is 12.7 Å². The second kappa shape index (κ2) is 6.20. The monoisotopic (exact) mass is 245 g/mol. The average Bonchev–Trinajstić information content (AvgIpc) is 2.25. The van der Waals surface area contributed by atoms with Crippen LogP contribution in [-0.2, 0) is 0 Å². The Hall–Kier alpha value is -0.620. The number of thioether (sulfide) groups is 1. The first kappa shape index (κ1) is 13.4. The van der Waals surface area contributed by atoms with Crippen molar-refractivity contribution < 1.29 is 14.6 Å². The van der Waals surface area contributed by atoms with Gasteiger partial charge in [-0.2, -0.15) is 0 Å². The topological polar surface area (TPSA) is 66.5 Å². The van der Waals surface area contributed by atoms with E-state index in [1.807, 2.05) is 0 Å². The number of hydrogen-bond acceptors (Lipinski definition) is 4. The van der Waals surface area contributed by atoms with E-state index >= 15 is 0 Å². The lowest BCUT2D eigenvalue weighted by Gasteiger charge is -2.14. The van der Waals surface area contributed by atoms with Crippen LogP contribution in [0.1, 0.15) is 18.5 Å². The standard InChI is InChI=1S/C11H16FNO2S/c1-7(13)11-9(12)3-2-4-10(11)16-6-8(15)5-14/h2-4,7-8,14-15H,5-6,13H2,1H3/t7-,8?/m0/s1. The lowest BCUT2D eigenvalue weighted by molar-refractivity contribution is 0.113. The van der Waals surface area contributed by atoms with E-state index in [9.17, 15) is 9.50 Å². The Balaban J connectivity index is 2.83. The van der Waals surface area contributed by atoms with E-state index in [4.69, 9.17) is 10.8 Å². The van der Waals surface area contributed by atoms with Gasteiger partial charge in [-0.15, -0.1) is 11.8 Å². The van der Waals surface area contributed by atoms with Crippen LogP contribution >= 0.6 is 11.8 Å². The van der Waals surface area contributed by atoms with E-state index in [-0.39, 0.29) is 12.4 Å². The molecule has 1 unspecified atom stereocenters. The molecule has 3 nitrogen and oxygen atoms in total. The summed E-state index contributed by atoms with van der Waals surface area (Å²) >= 11 is 1.29. The molecule has 0 aromatic heterocycles. The molecule has 90 valence electrons. The van der Waals surface area contributed by atoms with Crippen LogP contribution < -0.4 is 5.73 Å². The lowest BCUT2D eigenvalue weighted by Crippen LogP contribution is -2.15. The molecule has 0 aliphatic carbocycles. The fourth-order valence-electron chi connectivity index (χ4n) is 1.32. The predicted octanol–water partition coefficient (Wildman–Crippen LogP) is 1.29. The zero-order valence-electron chi connectivity index (χ0n) is 9.06. The molecule has 1 aromatic carbocycles. The maximum Gasteiger partial charge on any atom is 0.129 e. The second-order valence-electron chi connectivity index (χ2n) is 3.59. The van der Waals surface area contributed by atoms with E-state index in [0.717, 1.165) is 0 Å². The van der Waals surface area contributed by atoms with Gasteiger partial charge in [0.25, 0.3) is 0 Å². The smallest absolute Gasteiger partial charge is 0.129 e. The van der Waals surface area contributed by atoms with Gasteiger partial charge in [0, 0.05) is 22.3 Å². The predicted molar refractivity (Wildman–Crippen MR) is 62.8 cm³/mol. The Morgan fingerprint density at radius 3 is 2.75 bits per heavy atom. The first-order chi connectivity index (χ1) is 7.56. The molecule has 0 amide bonds. The molecule has 0 spiro atoms. The van der Waals surface area contributed by atoms with E-state index in [2.05, 4.69) is 0 Å². The van der Waals surface area contributed by atoms with Crippen molar-refractivity contribution in [2.45, 2.75) is 24.0 Å². The Kier molecular flexibility index (Phi) is 5.21. The van der Waals surface area contributed by atoms with E-state index < -0.39 is 12.1 Å². The highest BCUT2D eigenvalue weighted by Crippen LogP contribution is 2.29. The summed E-state index contributed by atoms with van der Waals surface area (Å²) in [7, 11) is 0. The van der Waals surface area contributed by atoms with Crippen LogP contribution in [0.25, 0.3) is 0 Å². The molecule has 1 aromatic rings.